The molecule has 5 nitrogen and oxygen atoms in total. The van der Waals surface area contributed by atoms with E-state index < -0.39 is 0 Å². The number of nitrogens with one attached hydrogen (secondary N) is 1. The molecule has 1 amide bonds. The first-order valence-corrected chi connectivity index (χ1v) is 5.95. The van der Waals surface area contributed by atoms with Crippen LogP contribution < -0.4 is 10.1 Å². The van der Waals surface area contributed by atoms with Gasteiger partial charge in [-0.1, -0.05) is 23.9 Å². The fourth-order valence-electron chi connectivity index (χ4n) is 1.30. The molecule has 1 N–H and O–H groups in total. The summed E-state index contributed by atoms with van der Waals surface area (Å²) >= 11 is 1.34. The molecule has 0 unspecified atom stereocenters. The summed E-state index contributed by atoms with van der Waals surface area (Å²) in [6, 6.07) is 7.50. The van der Waals surface area contributed by atoms with Crippen LogP contribution in [0.4, 0.5) is 0 Å². The highest BCUT2D eigenvalue weighted by Crippen LogP contribution is 2.15. The lowest BCUT2D eigenvalue weighted by atomic mass is 10.2. The Morgan fingerprint density at radius 1 is 1.47 bits per heavy atom. The molecule has 1 aliphatic rings. The SMILES string of the molecule is COc1ccccc1C=N/N=C1\NC(=O)CS1. The highest BCUT2D eigenvalue weighted by atomic mass is 32.2. The number of hydrogen-bond donors (Lipinski definition) is 1. The Hall–Kier alpha value is -1.82. The molecule has 17 heavy (non-hydrogen) atoms. The molecule has 1 aromatic carbocycles. The number of carbonyl (C=O) groups is 1. The molecular formula is C11H11N3O2S. The van der Waals surface area contributed by atoms with Gasteiger partial charge in [0.2, 0.25) is 5.91 Å². The second kappa shape index (κ2) is 5.49. The molecule has 1 heterocycles. The maximum Gasteiger partial charge on any atom is 0.236 e. The summed E-state index contributed by atoms with van der Waals surface area (Å²) in [6.07, 6.45) is 1.59. The van der Waals surface area contributed by atoms with Crippen molar-refractivity contribution in [2.45, 2.75) is 0 Å². The first kappa shape index (κ1) is 11.7. The molecular weight excluding hydrogens is 238 g/mol. The van der Waals surface area contributed by atoms with Crippen molar-refractivity contribution in [3.63, 3.8) is 0 Å². The molecule has 88 valence electrons. The van der Waals surface area contributed by atoms with Crippen LogP contribution in [0.2, 0.25) is 0 Å². The topological polar surface area (TPSA) is 63.1 Å². The van der Waals surface area contributed by atoms with E-state index in [2.05, 4.69) is 15.5 Å². The van der Waals surface area contributed by atoms with Crippen molar-refractivity contribution in [3.8, 4) is 5.75 Å². The van der Waals surface area contributed by atoms with Gasteiger partial charge in [0.1, 0.15) is 5.75 Å². The number of carbonyl (C=O) groups excluding carboxylic acids is 1. The maximum absolute atomic E-state index is 10.9. The summed E-state index contributed by atoms with van der Waals surface area (Å²) in [6.45, 7) is 0. The van der Waals surface area contributed by atoms with Gasteiger partial charge in [-0.05, 0) is 12.1 Å². The van der Waals surface area contributed by atoms with E-state index in [1.165, 1.54) is 11.8 Å². The van der Waals surface area contributed by atoms with Crippen molar-refractivity contribution < 1.29 is 9.53 Å². The third-order valence-electron chi connectivity index (χ3n) is 2.07. The zero-order valence-electron chi connectivity index (χ0n) is 9.21. The lowest BCUT2D eigenvalue weighted by Crippen LogP contribution is -2.19. The van der Waals surface area contributed by atoms with E-state index in [1.54, 1.807) is 13.3 Å². The number of benzene rings is 1. The third-order valence-corrected chi connectivity index (χ3v) is 2.93. The van der Waals surface area contributed by atoms with Crippen LogP contribution in [0, 0.1) is 0 Å². The fourth-order valence-corrected chi connectivity index (χ4v) is 1.93. The van der Waals surface area contributed by atoms with Gasteiger partial charge in [-0.2, -0.15) is 5.10 Å². The number of para-hydroxylation sites is 1. The summed E-state index contributed by atoms with van der Waals surface area (Å²) in [5.74, 6) is 1.10. The number of hydrogen-bond acceptors (Lipinski definition) is 5. The van der Waals surface area contributed by atoms with Gasteiger partial charge >= 0.3 is 0 Å². The van der Waals surface area contributed by atoms with Gasteiger partial charge in [0.05, 0.1) is 19.1 Å². The minimum atomic E-state index is -0.0405. The normalized spacial score (nSPS) is 17.7. The number of methoxy groups -OCH3 is 1. The largest absolute Gasteiger partial charge is 0.496 e. The molecule has 6 heteroatoms. The number of ether oxygens (including phenoxy) is 1. The quantitative estimate of drug-likeness (QED) is 0.647. The zero-order valence-corrected chi connectivity index (χ0v) is 10.0. The Labute approximate surface area is 103 Å². The Morgan fingerprint density at radius 3 is 3.00 bits per heavy atom. The number of amides is 1. The van der Waals surface area contributed by atoms with E-state index >= 15 is 0 Å². The van der Waals surface area contributed by atoms with Gasteiger partial charge in [-0.3, -0.25) is 4.79 Å². The lowest BCUT2D eigenvalue weighted by molar-refractivity contribution is -0.116. The van der Waals surface area contributed by atoms with Crippen molar-refractivity contribution in [1.82, 2.24) is 5.32 Å². The summed E-state index contributed by atoms with van der Waals surface area (Å²) in [5.41, 5.74) is 0.841. The summed E-state index contributed by atoms with van der Waals surface area (Å²) in [7, 11) is 1.60. The molecule has 1 aromatic rings. The minimum absolute atomic E-state index is 0.0405. The summed E-state index contributed by atoms with van der Waals surface area (Å²) in [5, 5.41) is 10.9. The molecule has 0 aromatic heterocycles. The molecule has 0 bridgehead atoms. The summed E-state index contributed by atoms with van der Waals surface area (Å²) < 4.78 is 5.17. The average molecular weight is 249 g/mol. The lowest BCUT2D eigenvalue weighted by Gasteiger charge is -2.01. The molecule has 0 saturated carbocycles. The van der Waals surface area contributed by atoms with Crippen LogP contribution in [0.1, 0.15) is 5.56 Å². The Kier molecular flexibility index (Phi) is 3.77. The Bertz CT molecular complexity index is 485. The highest BCUT2D eigenvalue weighted by Gasteiger charge is 2.15. The Balaban J connectivity index is 2.07. The van der Waals surface area contributed by atoms with Crippen molar-refractivity contribution in [1.29, 1.82) is 0 Å². The van der Waals surface area contributed by atoms with Crippen molar-refractivity contribution in [2.24, 2.45) is 10.2 Å². The van der Waals surface area contributed by atoms with Gasteiger partial charge < -0.3 is 10.1 Å². The molecule has 0 radical (unpaired) electrons. The van der Waals surface area contributed by atoms with E-state index in [9.17, 15) is 4.79 Å². The second-order valence-electron chi connectivity index (χ2n) is 3.23. The van der Waals surface area contributed by atoms with Gasteiger partial charge in [-0.15, -0.1) is 5.10 Å². The van der Waals surface area contributed by atoms with Crippen molar-refractivity contribution >= 4 is 29.1 Å². The Morgan fingerprint density at radius 2 is 2.29 bits per heavy atom. The van der Waals surface area contributed by atoms with Crippen LogP contribution in [-0.2, 0) is 4.79 Å². The van der Waals surface area contributed by atoms with Crippen LogP contribution in [0.3, 0.4) is 0 Å². The maximum atomic E-state index is 10.9. The van der Waals surface area contributed by atoms with Crippen LogP contribution in [0.5, 0.6) is 5.75 Å². The van der Waals surface area contributed by atoms with Crippen LogP contribution >= 0.6 is 11.8 Å². The smallest absolute Gasteiger partial charge is 0.236 e. The molecule has 0 atom stereocenters. The molecule has 0 aliphatic carbocycles. The van der Waals surface area contributed by atoms with E-state index in [1.807, 2.05) is 24.3 Å². The minimum Gasteiger partial charge on any atom is -0.496 e. The zero-order chi connectivity index (χ0) is 12.1. The average Bonchev–Trinajstić information content (AvgIpc) is 2.76. The monoisotopic (exact) mass is 249 g/mol. The van der Waals surface area contributed by atoms with Crippen molar-refractivity contribution in [3.05, 3.63) is 29.8 Å². The molecule has 0 spiro atoms. The van der Waals surface area contributed by atoms with Crippen molar-refractivity contribution in [2.75, 3.05) is 12.9 Å². The van der Waals surface area contributed by atoms with E-state index in [0.717, 1.165) is 11.3 Å². The van der Waals surface area contributed by atoms with E-state index in [-0.39, 0.29) is 5.91 Å². The number of nitrogens with zero attached hydrogens (tertiary/aromatic N) is 2. The molecule has 1 fully saturated rings. The van der Waals surface area contributed by atoms with Crippen LogP contribution in [0.15, 0.2) is 34.5 Å². The molecule has 1 aliphatic heterocycles. The third kappa shape index (κ3) is 3.07. The fraction of sp³-hybridized carbons (Fsp3) is 0.182. The predicted octanol–water partition coefficient (Wildman–Crippen LogP) is 1.25. The van der Waals surface area contributed by atoms with Gasteiger partial charge in [0.25, 0.3) is 0 Å². The standard InChI is InChI=1S/C11H11N3O2S/c1-16-9-5-3-2-4-8(9)6-12-14-11-13-10(15)7-17-11/h2-6H,7H2,1H3,(H,13,14,15). The highest BCUT2D eigenvalue weighted by molar-refractivity contribution is 8.15. The predicted molar refractivity (Wildman–Crippen MR) is 68.6 cm³/mol. The summed E-state index contributed by atoms with van der Waals surface area (Å²) in [4.78, 5) is 10.9. The number of rotatable bonds is 3. The van der Waals surface area contributed by atoms with Gasteiger partial charge in [-0.25, -0.2) is 0 Å². The van der Waals surface area contributed by atoms with E-state index in [4.69, 9.17) is 4.74 Å². The van der Waals surface area contributed by atoms with E-state index in [0.29, 0.717) is 10.9 Å². The second-order valence-corrected chi connectivity index (χ2v) is 4.19. The van der Waals surface area contributed by atoms with Gasteiger partial charge in [0, 0.05) is 5.56 Å². The number of thioether (sulfide) groups is 1. The number of amidine groups is 1. The van der Waals surface area contributed by atoms with Crippen LogP contribution in [-0.4, -0.2) is 30.2 Å². The molecule has 2 rings (SSSR count). The van der Waals surface area contributed by atoms with Gasteiger partial charge in [0.15, 0.2) is 5.17 Å². The first-order chi connectivity index (χ1) is 8.29. The van der Waals surface area contributed by atoms with Crippen LogP contribution in [0.25, 0.3) is 0 Å². The first-order valence-electron chi connectivity index (χ1n) is 4.96. The molecule has 1 saturated heterocycles.